The normalized spacial score (nSPS) is 18.4. The smallest absolute Gasteiger partial charge is 0.227 e. The maximum atomic E-state index is 12.2. The Balaban J connectivity index is 1.35. The molecule has 0 radical (unpaired) electrons. The molecule has 0 aromatic heterocycles. The van der Waals surface area contributed by atoms with E-state index in [0.29, 0.717) is 31.1 Å². The average molecular weight is 395 g/mol. The fraction of sp³-hybridized carbons (Fsp3) is 0.667. The highest BCUT2D eigenvalue weighted by molar-refractivity contribution is 6.31. The monoisotopic (exact) mass is 394 g/mol. The minimum Gasteiger partial charge on any atom is -0.494 e. The van der Waals surface area contributed by atoms with Crippen molar-refractivity contribution in [2.45, 2.75) is 44.6 Å². The summed E-state index contributed by atoms with van der Waals surface area (Å²) in [5.74, 6) is 1.75. The number of nitrogens with zero attached hydrogens (tertiary/aromatic N) is 1. The second-order valence-electron chi connectivity index (χ2n) is 7.62. The topological polar surface area (TPSA) is 50.8 Å². The predicted octanol–water partition coefficient (Wildman–Crippen LogP) is 3.29. The Kier molecular flexibility index (Phi) is 7.80. The van der Waals surface area contributed by atoms with E-state index in [-0.39, 0.29) is 12.0 Å². The Morgan fingerprint density at radius 2 is 2.04 bits per heavy atom. The highest BCUT2D eigenvalue weighted by Gasteiger charge is 2.30. The number of carbonyl (C=O) groups is 1. The first-order valence-corrected chi connectivity index (χ1v) is 10.5. The molecule has 1 N–H and O–H groups in total. The van der Waals surface area contributed by atoms with Crippen molar-refractivity contribution < 1.29 is 14.3 Å². The summed E-state index contributed by atoms with van der Waals surface area (Å²) in [7, 11) is 1.68. The number of amides is 1. The van der Waals surface area contributed by atoms with Gasteiger partial charge in [-0.1, -0.05) is 24.1 Å². The van der Waals surface area contributed by atoms with Gasteiger partial charge in [-0.25, -0.2) is 0 Å². The first kappa shape index (κ1) is 20.4. The molecule has 1 amide bonds. The number of methoxy groups -OCH3 is 1. The van der Waals surface area contributed by atoms with E-state index in [1.807, 2.05) is 18.2 Å². The quantitative estimate of drug-likeness (QED) is 0.653. The number of nitrogens with one attached hydrogen (secondary N) is 1. The van der Waals surface area contributed by atoms with Crippen molar-refractivity contribution in [1.29, 1.82) is 0 Å². The van der Waals surface area contributed by atoms with E-state index < -0.39 is 0 Å². The molecule has 2 fully saturated rings. The predicted molar refractivity (Wildman–Crippen MR) is 107 cm³/mol. The van der Waals surface area contributed by atoms with Crippen molar-refractivity contribution in [3.8, 4) is 5.75 Å². The minimum absolute atomic E-state index is 0.0942. The highest BCUT2D eigenvalue weighted by atomic mass is 35.5. The molecule has 1 aromatic rings. The molecule has 0 saturated carbocycles. The summed E-state index contributed by atoms with van der Waals surface area (Å²) in [6.07, 6.45) is 6.69. The van der Waals surface area contributed by atoms with Crippen LogP contribution in [0.1, 0.15) is 37.7 Å². The Morgan fingerprint density at radius 1 is 1.26 bits per heavy atom. The molecular weight excluding hydrogens is 364 g/mol. The lowest BCUT2D eigenvalue weighted by molar-refractivity contribution is -0.142. The number of hydrogen-bond acceptors (Lipinski definition) is 4. The van der Waals surface area contributed by atoms with Crippen LogP contribution in [-0.4, -0.2) is 56.8 Å². The SMILES string of the molecule is COC1CN(C(=O)Cc2ccc(OCCCCC3CCNCC3)cc2Cl)C1. The molecule has 6 heteroatoms. The van der Waals surface area contributed by atoms with Gasteiger partial charge >= 0.3 is 0 Å². The van der Waals surface area contributed by atoms with Gasteiger partial charge in [0.05, 0.1) is 19.1 Å². The van der Waals surface area contributed by atoms with Crippen molar-refractivity contribution in [3.63, 3.8) is 0 Å². The number of carbonyl (C=O) groups excluding carboxylic acids is 1. The molecule has 27 heavy (non-hydrogen) atoms. The number of hydrogen-bond donors (Lipinski definition) is 1. The van der Waals surface area contributed by atoms with Crippen molar-refractivity contribution in [1.82, 2.24) is 10.2 Å². The third-order valence-corrected chi connectivity index (χ3v) is 5.99. The number of ether oxygens (including phenoxy) is 2. The minimum atomic E-state index is 0.0942. The van der Waals surface area contributed by atoms with E-state index in [2.05, 4.69) is 5.32 Å². The second-order valence-corrected chi connectivity index (χ2v) is 8.03. The molecule has 0 spiro atoms. The van der Waals surface area contributed by atoms with Gasteiger partial charge in [-0.3, -0.25) is 4.79 Å². The van der Waals surface area contributed by atoms with E-state index >= 15 is 0 Å². The number of likely N-dealkylation sites (tertiary alicyclic amines) is 1. The maximum Gasteiger partial charge on any atom is 0.227 e. The Morgan fingerprint density at radius 3 is 2.74 bits per heavy atom. The van der Waals surface area contributed by atoms with Crippen LogP contribution in [-0.2, 0) is 16.0 Å². The maximum absolute atomic E-state index is 12.2. The zero-order chi connectivity index (χ0) is 19.1. The Hall–Kier alpha value is -1.30. The lowest BCUT2D eigenvalue weighted by Crippen LogP contribution is -2.54. The molecular formula is C21H31ClN2O3. The summed E-state index contributed by atoms with van der Waals surface area (Å²) in [6.45, 7) is 4.39. The van der Waals surface area contributed by atoms with Gasteiger partial charge in [-0.05, 0) is 62.4 Å². The lowest BCUT2D eigenvalue weighted by Gasteiger charge is -2.38. The van der Waals surface area contributed by atoms with Gasteiger partial charge in [0, 0.05) is 25.2 Å². The van der Waals surface area contributed by atoms with E-state index in [0.717, 1.165) is 23.7 Å². The van der Waals surface area contributed by atoms with Gasteiger partial charge in [0.2, 0.25) is 5.91 Å². The first-order valence-electron chi connectivity index (χ1n) is 10.1. The van der Waals surface area contributed by atoms with Crippen LogP contribution < -0.4 is 10.1 Å². The van der Waals surface area contributed by atoms with E-state index in [1.54, 1.807) is 12.0 Å². The standard InChI is InChI=1S/C21H31ClN2O3/c1-26-19-14-24(15-19)21(25)12-17-5-6-18(13-20(17)22)27-11-3-2-4-16-7-9-23-10-8-16/h5-6,13,16,19,23H,2-4,7-12,14-15H2,1H3. The number of benzene rings is 1. The van der Waals surface area contributed by atoms with Crippen LogP contribution in [0.2, 0.25) is 5.02 Å². The van der Waals surface area contributed by atoms with Gasteiger partial charge in [0.1, 0.15) is 5.75 Å². The lowest BCUT2D eigenvalue weighted by atomic mass is 9.93. The molecule has 5 nitrogen and oxygen atoms in total. The molecule has 0 bridgehead atoms. The number of rotatable bonds is 9. The molecule has 1 aromatic carbocycles. The molecule has 0 atom stereocenters. The Bertz CT molecular complexity index is 613. The van der Waals surface area contributed by atoms with Crippen LogP contribution in [0, 0.1) is 5.92 Å². The van der Waals surface area contributed by atoms with Gasteiger partial charge in [0.15, 0.2) is 0 Å². The zero-order valence-electron chi connectivity index (χ0n) is 16.2. The van der Waals surface area contributed by atoms with Crippen LogP contribution in [0.3, 0.4) is 0 Å². The average Bonchev–Trinajstić information content (AvgIpc) is 2.63. The molecule has 3 rings (SSSR count). The molecule has 2 saturated heterocycles. The van der Waals surface area contributed by atoms with Crippen LogP contribution in [0.25, 0.3) is 0 Å². The van der Waals surface area contributed by atoms with Gasteiger partial charge in [-0.2, -0.15) is 0 Å². The fourth-order valence-corrected chi connectivity index (χ4v) is 3.96. The molecule has 2 aliphatic rings. The second kappa shape index (κ2) is 10.3. The number of piperidine rings is 1. The van der Waals surface area contributed by atoms with Crippen molar-refractivity contribution in [3.05, 3.63) is 28.8 Å². The van der Waals surface area contributed by atoms with Crippen LogP contribution in [0.5, 0.6) is 5.75 Å². The zero-order valence-corrected chi connectivity index (χ0v) is 17.0. The third-order valence-electron chi connectivity index (χ3n) is 5.63. The van der Waals surface area contributed by atoms with Crippen molar-refractivity contribution in [2.75, 3.05) is 39.9 Å². The summed E-state index contributed by atoms with van der Waals surface area (Å²) in [4.78, 5) is 14.0. The van der Waals surface area contributed by atoms with Crippen LogP contribution in [0.15, 0.2) is 18.2 Å². The summed E-state index contributed by atoms with van der Waals surface area (Å²) in [5.41, 5.74) is 0.848. The summed E-state index contributed by atoms with van der Waals surface area (Å²) >= 11 is 6.36. The summed E-state index contributed by atoms with van der Waals surface area (Å²) < 4.78 is 11.0. The summed E-state index contributed by atoms with van der Waals surface area (Å²) in [5, 5.41) is 4.01. The van der Waals surface area contributed by atoms with E-state index in [9.17, 15) is 4.79 Å². The highest BCUT2D eigenvalue weighted by Crippen LogP contribution is 2.25. The van der Waals surface area contributed by atoms with Crippen molar-refractivity contribution in [2.24, 2.45) is 5.92 Å². The van der Waals surface area contributed by atoms with Crippen molar-refractivity contribution >= 4 is 17.5 Å². The molecule has 0 aliphatic carbocycles. The van der Waals surface area contributed by atoms with Gasteiger partial charge in [-0.15, -0.1) is 0 Å². The molecule has 150 valence electrons. The fourth-order valence-electron chi connectivity index (χ4n) is 3.72. The molecule has 0 unspecified atom stereocenters. The largest absolute Gasteiger partial charge is 0.494 e. The van der Waals surface area contributed by atoms with Crippen LogP contribution >= 0.6 is 11.6 Å². The molecule has 2 heterocycles. The van der Waals surface area contributed by atoms with Gasteiger partial charge in [0.25, 0.3) is 0 Å². The van der Waals surface area contributed by atoms with Crippen LogP contribution in [0.4, 0.5) is 0 Å². The van der Waals surface area contributed by atoms with Gasteiger partial charge < -0.3 is 19.7 Å². The first-order chi connectivity index (χ1) is 13.2. The third kappa shape index (κ3) is 6.09. The molecule has 2 aliphatic heterocycles. The Labute approximate surface area is 167 Å². The van der Waals surface area contributed by atoms with E-state index in [4.69, 9.17) is 21.1 Å². The summed E-state index contributed by atoms with van der Waals surface area (Å²) in [6, 6.07) is 5.64. The number of unbranched alkanes of at least 4 members (excludes halogenated alkanes) is 1. The van der Waals surface area contributed by atoms with E-state index in [1.165, 1.54) is 38.8 Å². The number of halogens is 1.